The minimum absolute atomic E-state index is 0.101. The molecule has 31 heavy (non-hydrogen) atoms. The molecule has 4 heterocycles. The number of H-pyrrole nitrogens is 1. The van der Waals surface area contributed by atoms with Gasteiger partial charge in [0.2, 0.25) is 0 Å². The molecule has 6 rings (SSSR count). The normalized spacial score (nSPS) is 17.8. The highest BCUT2D eigenvalue weighted by atomic mass is 19.1. The smallest absolute Gasteiger partial charge is 0.259 e. The molecule has 0 bridgehead atoms. The highest BCUT2D eigenvalue weighted by molar-refractivity contribution is 6.50. The Hall–Kier alpha value is -3.67. The molecule has 0 fully saturated rings. The van der Waals surface area contributed by atoms with Crippen LogP contribution in [0.15, 0.2) is 48.8 Å². The third kappa shape index (κ3) is 2.54. The summed E-state index contributed by atoms with van der Waals surface area (Å²) in [5.41, 5.74) is 5.10. The summed E-state index contributed by atoms with van der Waals surface area (Å²) in [6, 6.07) is 10.5. The first-order valence-corrected chi connectivity index (χ1v) is 10.3. The maximum absolute atomic E-state index is 13.7. The Bertz CT molecular complexity index is 1490. The molecule has 0 unspecified atom stereocenters. The van der Waals surface area contributed by atoms with E-state index in [-0.39, 0.29) is 11.2 Å². The molecular weight excluding hydrogens is 393 g/mol. The number of aromatic amines is 1. The number of hydrogen-bond donors (Lipinski definition) is 2. The van der Waals surface area contributed by atoms with Gasteiger partial charge in [-0.05, 0) is 35.6 Å². The van der Waals surface area contributed by atoms with E-state index in [1.165, 1.54) is 17.7 Å². The lowest BCUT2D eigenvalue weighted by Gasteiger charge is -2.31. The molecule has 0 aliphatic carbocycles. The van der Waals surface area contributed by atoms with Crippen LogP contribution in [0.2, 0.25) is 0 Å². The van der Waals surface area contributed by atoms with Crippen molar-refractivity contribution in [1.82, 2.24) is 14.9 Å². The van der Waals surface area contributed by atoms with Gasteiger partial charge in [-0.25, -0.2) is 4.39 Å². The van der Waals surface area contributed by atoms with Crippen molar-refractivity contribution >= 4 is 44.8 Å². The fourth-order valence-corrected chi connectivity index (χ4v) is 5.21. The summed E-state index contributed by atoms with van der Waals surface area (Å²) in [5.74, 6) is -1.20. The van der Waals surface area contributed by atoms with Crippen LogP contribution in [0.1, 0.15) is 30.5 Å². The van der Waals surface area contributed by atoms with E-state index in [0.29, 0.717) is 27.6 Å². The van der Waals surface area contributed by atoms with E-state index >= 15 is 0 Å². The molecule has 4 aromatic rings. The highest BCUT2D eigenvalue weighted by Crippen LogP contribution is 2.42. The third-order valence-electron chi connectivity index (χ3n) is 6.36. The van der Waals surface area contributed by atoms with Crippen molar-refractivity contribution in [3.05, 3.63) is 71.3 Å². The summed E-state index contributed by atoms with van der Waals surface area (Å²) in [4.78, 5) is 28.9. The molecule has 2 aromatic heterocycles. The van der Waals surface area contributed by atoms with Crippen molar-refractivity contribution in [2.24, 2.45) is 5.41 Å². The summed E-state index contributed by atoms with van der Waals surface area (Å²) in [6.07, 6.45) is 4.62. The number of rotatable bonds is 2. The molecule has 0 saturated carbocycles. The van der Waals surface area contributed by atoms with Crippen LogP contribution in [-0.2, 0) is 22.6 Å². The van der Waals surface area contributed by atoms with Gasteiger partial charge in [-0.1, -0.05) is 32.0 Å². The second-order valence-electron chi connectivity index (χ2n) is 9.25. The number of carbonyl (C=O) groups is 2. The Morgan fingerprint density at radius 1 is 1.00 bits per heavy atom. The second-order valence-corrected chi connectivity index (χ2v) is 9.25. The van der Waals surface area contributed by atoms with Crippen molar-refractivity contribution < 1.29 is 14.0 Å². The van der Waals surface area contributed by atoms with E-state index in [9.17, 15) is 14.0 Å². The fraction of sp³-hybridized carbons (Fsp3) is 0.200. The average Bonchev–Trinajstić information content (AvgIpc) is 3.34. The maximum Gasteiger partial charge on any atom is 0.259 e. The largest absolute Gasteiger partial charge is 0.360 e. The zero-order valence-electron chi connectivity index (χ0n) is 17.2. The lowest BCUT2D eigenvalue weighted by atomic mass is 9.82. The monoisotopic (exact) mass is 413 g/mol. The number of benzene rings is 2. The quantitative estimate of drug-likeness (QED) is 0.478. The standard InChI is InChI=1S/C25H20FN3O2/c1-25(2)9-13-4-3-5-16-18(11-29(12-25)22(13)16)21-20(23(30)28-24(21)31)17-10-27-19-8-14(26)6-7-15(17)19/h3-8,10-11,27H,9,12H2,1-2H3,(H,28,30,31). The van der Waals surface area contributed by atoms with Crippen molar-refractivity contribution in [3.63, 3.8) is 0 Å². The molecule has 6 heteroatoms. The van der Waals surface area contributed by atoms with Crippen LogP contribution in [-0.4, -0.2) is 21.4 Å². The number of amides is 2. The van der Waals surface area contributed by atoms with Gasteiger partial charge in [-0.2, -0.15) is 0 Å². The number of carbonyl (C=O) groups excluding carboxylic acids is 2. The van der Waals surface area contributed by atoms with Crippen LogP contribution >= 0.6 is 0 Å². The number of aromatic nitrogens is 2. The summed E-state index contributed by atoms with van der Waals surface area (Å²) >= 11 is 0. The third-order valence-corrected chi connectivity index (χ3v) is 6.36. The van der Waals surface area contributed by atoms with Gasteiger partial charge < -0.3 is 9.55 Å². The van der Waals surface area contributed by atoms with Crippen molar-refractivity contribution in [1.29, 1.82) is 0 Å². The van der Waals surface area contributed by atoms with Crippen molar-refractivity contribution in [2.75, 3.05) is 0 Å². The summed E-state index contributed by atoms with van der Waals surface area (Å²) < 4.78 is 15.9. The van der Waals surface area contributed by atoms with E-state index in [4.69, 9.17) is 0 Å². The Balaban J connectivity index is 1.65. The SMILES string of the molecule is CC1(C)Cc2cccc3c(C4=C(c5c[nH]c6cc(F)ccc56)C(=O)NC4=O)cn(c23)C1. The summed E-state index contributed by atoms with van der Waals surface area (Å²) in [7, 11) is 0. The van der Waals surface area contributed by atoms with Gasteiger partial charge in [0.25, 0.3) is 11.8 Å². The summed E-state index contributed by atoms with van der Waals surface area (Å²) in [5, 5.41) is 4.14. The lowest BCUT2D eigenvalue weighted by Crippen LogP contribution is -2.26. The summed E-state index contributed by atoms with van der Waals surface area (Å²) in [6.45, 7) is 5.30. The number of nitrogens with zero attached hydrogens (tertiary/aromatic N) is 1. The van der Waals surface area contributed by atoms with Gasteiger partial charge >= 0.3 is 0 Å². The predicted molar refractivity (Wildman–Crippen MR) is 118 cm³/mol. The van der Waals surface area contributed by atoms with Crippen molar-refractivity contribution in [3.8, 4) is 0 Å². The first kappa shape index (κ1) is 18.1. The zero-order chi connectivity index (χ0) is 21.5. The Kier molecular flexibility index (Phi) is 3.47. The highest BCUT2D eigenvalue weighted by Gasteiger charge is 2.36. The molecule has 2 amide bonds. The van der Waals surface area contributed by atoms with Gasteiger partial charge in [0.15, 0.2) is 0 Å². The zero-order valence-corrected chi connectivity index (χ0v) is 17.2. The molecule has 0 atom stereocenters. The van der Waals surface area contributed by atoms with Crippen LogP contribution in [0.4, 0.5) is 4.39 Å². The van der Waals surface area contributed by atoms with E-state index in [1.54, 1.807) is 12.3 Å². The Morgan fingerprint density at radius 3 is 2.58 bits per heavy atom. The van der Waals surface area contributed by atoms with Gasteiger partial charge in [0.1, 0.15) is 5.82 Å². The predicted octanol–water partition coefficient (Wildman–Crippen LogP) is 4.41. The first-order chi connectivity index (χ1) is 14.8. The van der Waals surface area contributed by atoms with Crippen LogP contribution < -0.4 is 5.32 Å². The van der Waals surface area contributed by atoms with E-state index < -0.39 is 11.8 Å². The van der Waals surface area contributed by atoms with E-state index in [0.717, 1.165) is 29.4 Å². The first-order valence-electron chi connectivity index (χ1n) is 10.3. The second kappa shape index (κ2) is 5.94. The maximum atomic E-state index is 13.7. The van der Waals surface area contributed by atoms with E-state index in [2.05, 4.69) is 34.8 Å². The number of imide groups is 1. The topological polar surface area (TPSA) is 66.9 Å². The number of fused-ring (bicyclic) bond motifs is 1. The molecule has 154 valence electrons. The molecule has 2 aliphatic heterocycles. The van der Waals surface area contributed by atoms with Crippen LogP contribution in [0.3, 0.4) is 0 Å². The van der Waals surface area contributed by atoms with Crippen LogP contribution in [0, 0.1) is 11.2 Å². The molecule has 0 radical (unpaired) electrons. The number of para-hydroxylation sites is 1. The number of halogens is 1. The molecule has 5 nitrogen and oxygen atoms in total. The molecular formula is C25H20FN3O2. The Labute approximate surface area is 177 Å². The molecule has 0 saturated heterocycles. The number of nitrogens with one attached hydrogen (secondary N) is 2. The van der Waals surface area contributed by atoms with Crippen LogP contribution in [0.25, 0.3) is 33.0 Å². The Morgan fingerprint density at radius 2 is 1.77 bits per heavy atom. The molecule has 2 aromatic carbocycles. The lowest BCUT2D eigenvalue weighted by molar-refractivity contribution is -0.122. The number of hydrogen-bond acceptors (Lipinski definition) is 2. The van der Waals surface area contributed by atoms with Gasteiger partial charge in [-0.15, -0.1) is 0 Å². The van der Waals surface area contributed by atoms with Crippen LogP contribution in [0.5, 0.6) is 0 Å². The van der Waals surface area contributed by atoms with E-state index in [1.807, 2.05) is 18.3 Å². The van der Waals surface area contributed by atoms with Gasteiger partial charge in [0, 0.05) is 46.4 Å². The minimum atomic E-state index is -0.433. The average molecular weight is 413 g/mol. The van der Waals surface area contributed by atoms with Crippen molar-refractivity contribution in [2.45, 2.75) is 26.8 Å². The minimum Gasteiger partial charge on any atom is -0.360 e. The fourth-order valence-electron chi connectivity index (χ4n) is 5.21. The molecule has 0 spiro atoms. The molecule has 2 aliphatic rings. The van der Waals surface area contributed by atoms with Gasteiger partial charge in [-0.3, -0.25) is 14.9 Å². The molecule has 2 N–H and O–H groups in total. The van der Waals surface area contributed by atoms with Gasteiger partial charge in [0.05, 0.1) is 16.7 Å².